The fourth-order valence-electron chi connectivity index (χ4n) is 2.37. The maximum atomic E-state index is 9.22. The van der Waals surface area contributed by atoms with Crippen LogP contribution in [0, 0.1) is 0 Å². The largest absolute Gasteiger partial charge is 0.726 e. The van der Waals surface area contributed by atoms with Crippen LogP contribution in [0.4, 0.5) is 0 Å². The Hall–Kier alpha value is -0.980. The van der Waals surface area contributed by atoms with E-state index in [1.165, 1.54) is 70.8 Å². The first-order valence-electron chi connectivity index (χ1n) is 8.95. The number of nitrogens with zero attached hydrogens (tertiary/aromatic N) is 1. The zero-order chi connectivity index (χ0) is 18.1. The number of aromatic nitrogens is 1. The highest BCUT2D eigenvalue weighted by atomic mass is 32.3. The Bertz CT molecular complexity index is 477. The number of rotatable bonds is 12. The van der Waals surface area contributed by atoms with Gasteiger partial charge in [-0.3, -0.25) is 4.18 Å². The molecule has 0 saturated carbocycles. The van der Waals surface area contributed by atoms with Crippen LogP contribution in [-0.2, 0) is 21.1 Å². The van der Waals surface area contributed by atoms with Gasteiger partial charge in [0, 0.05) is 18.6 Å². The van der Waals surface area contributed by atoms with E-state index in [-0.39, 0.29) is 0 Å². The van der Waals surface area contributed by atoms with Gasteiger partial charge in [-0.05, 0) is 6.42 Å². The van der Waals surface area contributed by atoms with Crippen LogP contribution in [0.15, 0.2) is 30.6 Å². The molecule has 1 heterocycles. The standard InChI is InChI=1S/C17H30N.CH4O4S/c1-2-3-4-5-6-7-8-9-10-12-15-18-16-13-11-14-17-18;1-5-6(2,3)4/h11,13-14,16-17H,2-10,12,15H2,1H3;1H3,(H,2,3,4)/q+1;/p-1. The van der Waals surface area contributed by atoms with Gasteiger partial charge in [0.1, 0.15) is 6.54 Å². The minimum Gasteiger partial charge on any atom is -0.726 e. The highest BCUT2D eigenvalue weighted by Crippen LogP contribution is 2.10. The minimum atomic E-state index is -4.41. The zero-order valence-electron chi connectivity index (χ0n) is 15.2. The first-order chi connectivity index (χ1) is 11.5. The number of hydrogen-bond acceptors (Lipinski definition) is 4. The Balaban J connectivity index is 0.000000754. The van der Waals surface area contributed by atoms with Crippen LogP contribution in [0.3, 0.4) is 0 Å². The van der Waals surface area contributed by atoms with Crippen LogP contribution < -0.4 is 4.57 Å². The van der Waals surface area contributed by atoms with Gasteiger partial charge < -0.3 is 4.55 Å². The molecule has 0 aromatic carbocycles. The van der Waals surface area contributed by atoms with Crippen molar-refractivity contribution in [2.45, 2.75) is 77.7 Å². The maximum absolute atomic E-state index is 9.22. The number of aryl methyl sites for hydroxylation is 1. The molecular formula is C18H33NO4S. The van der Waals surface area contributed by atoms with Gasteiger partial charge in [0.25, 0.3) is 0 Å². The summed E-state index contributed by atoms with van der Waals surface area (Å²) in [6.07, 6.45) is 18.5. The summed E-state index contributed by atoms with van der Waals surface area (Å²) in [5, 5.41) is 0. The van der Waals surface area contributed by atoms with Crippen molar-refractivity contribution in [1.29, 1.82) is 0 Å². The molecule has 0 atom stereocenters. The molecule has 0 amide bonds. The van der Waals surface area contributed by atoms with E-state index < -0.39 is 10.4 Å². The van der Waals surface area contributed by atoms with Crippen molar-refractivity contribution >= 4 is 10.4 Å². The summed E-state index contributed by atoms with van der Waals surface area (Å²) in [7, 11) is -3.60. The molecule has 0 aliphatic carbocycles. The molecular weight excluding hydrogens is 326 g/mol. The molecule has 0 aliphatic heterocycles. The van der Waals surface area contributed by atoms with Gasteiger partial charge in [0.2, 0.25) is 10.4 Å². The lowest BCUT2D eigenvalue weighted by atomic mass is 10.1. The minimum absolute atomic E-state index is 0.808. The van der Waals surface area contributed by atoms with Crippen LogP contribution in [0.2, 0.25) is 0 Å². The van der Waals surface area contributed by atoms with Gasteiger partial charge >= 0.3 is 0 Å². The Morgan fingerprint density at radius 3 is 1.67 bits per heavy atom. The van der Waals surface area contributed by atoms with Crippen molar-refractivity contribution in [2.75, 3.05) is 7.11 Å². The fraction of sp³-hybridized carbons (Fsp3) is 0.722. The second-order valence-corrected chi connectivity index (χ2v) is 7.02. The highest BCUT2D eigenvalue weighted by Gasteiger charge is 1.97. The molecule has 5 nitrogen and oxygen atoms in total. The second-order valence-electron chi connectivity index (χ2n) is 5.87. The molecule has 140 valence electrons. The molecule has 1 aromatic heterocycles. The van der Waals surface area contributed by atoms with E-state index in [0.717, 1.165) is 7.11 Å². The van der Waals surface area contributed by atoms with Crippen molar-refractivity contribution in [3.05, 3.63) is 30.6 Å². The van der Waals surface area contributed by atoms with E-state index >= 15 is 0 Å². The van der Waals surface area contributed by atoms with Crippen LogP contribution in [0.25, 0.3) is 0 Å². The predicted octanol–water partition coefficient (Wildman–Crippen LogP) is 3.99. The monoisotopic (exact) mass is 359 g/mol. The molecule has 0 bridgehead atoms. The predicted molar refractivity (Wildman–Crippen MR) is 95.2 cm³/mol. The molecule has 0 spiro atoms. The Kier molecular flexibility index (Phi) is 14.9. The van der Waals surface area contributed by atoms with E-state index in [9.17, 15) is 13.0 Å². The first kappa shape index (κ1) is 23.0. The zero-order valence-corrected chi connectivity index (χ0v) is 16.0. The molecule has 1 aromatic rings. The van der Waals surface area contributed by atoms with Gasteiger partial charge in [-0.1, -0.05) is 64.4 Å². The summed E-state index contributed by atoms with van der Waals surface area (Å²) in [6, 6.07) is 6.29. The third-order valence-corrected chi connectivity index (χ3v) is 4.16. The van der Waals surface area contributed by atoms with Gasteiger partial charge in [-0.2, -0.15) is 0 Å². The normalized spacial score (nSPS) is 11.0. The van der Waals surface area contributed by atoms with Crippen molar-refractivity contribution in [3.63, 3.8) is 0 Å². The molecule has 1 rings (SSSR count). The van der Waals surface area contributed by atoms with E-state index in [0.29, 0.717) is 0 Å². The molecule has 0 saturated heterocycles. The van der Waals surface area contributed by atoms with Crippen LogP contribution >= 0.6 is 0 Å². The van der Waals surface area contributed by atoms with Crippen molar-refractivity contribution in [2.24, 2.45) is 0 Å². The number of hydrogen-bond donors (Lipinski definition) is 0. The number of unbranched alkanes of at least 4 members (excludes halogenated alkanes) is 9. The van der Waals surface area contributed by atoms with Crippen LogP contribution in [-0.4, -0.2) is 20.1 Å². The maximum Gasteiger partial charge on any atom is 0.217 e. The molecule has 0 radical (unpaired) electrons. The average Bonchev–Trinajstić information content (AvgIpc) is 2.57. The quantitative estimate of drug-likeness (QED) is 0.245. The summed E-state index contributed by atoms with van der Waals surface area (Å²) >= 11 is 0. The van der Waals surface area contributed by atoms with Crippen LogP contribution in [0.1, 0.15) is 71.1 Å². The van der Waals surface area contributed by atoms with Crippen molar-refractivity contribution in [1.82, 2.24) is 0 Å². The topological polar surface area (TPSA) is 70.3 Å². The SMILES string of the molecule is CCCCCCCCCCCC[n+]1ccccc1.COS(=O)(=O)[O-]. The third-order valence-electron chi connectivity index (χ3n) is 3.75. The highest BCUT2D eigenvalue weighted by molar-refractivity contribution is 7.80. The van der Waals surface area contributed by atoms with Crippen molar-refractivity contribution < 1.29 is 21.7 Å². The Morgan fingerprint density at radius 2 is 1.25 bits per heavy atom. The van der Waals surface area contributed by atoms with E-state index in [1.807, 2.05) is 0 Å². The van der Waals surface area contributed by atoms with Crippen LogP contribution in [0.5, 0.6) is 0 Å². The fourth-order valence-corrected chi connectivity index (χ4v) is 2.37. The lowest BCUT2D eigenvalue weighted by Crippen LogP contribution is -2.32. The molecule has 0 fully saturated rings. The van der Waals surface area contributed by atoms with E-state index in [4.69, 9.17) is 0 Å². The molecule has 24 heavy (non-hydrogen) atoms. The molecule has 0 N–H and O–H groups in total. The summed E-state index contributed by atoms with van der Waals surface area (Å²) in [6.45, 7) is 3.46. The summed E-state index contributed by atoms with van der Waals surface area (Å²) in [4.78, 5) is 0. The van der Waals surface area contributed by atoms with E-state index in [1.54, 1.807) is 0 Å². The lowest BCUT2D eigenvalue weighted by molar-refractivity contribution is -0.697. The lowest BCUT2D eigenvalue weighted by Gasteiger charge is -2.01. The van der Waals surface area contributed by atoms with Crippen molar-refractivity contribution in [3.8, 4) is 0 Å². The Labute approximate surface area is 148 Å². The average molecular weight is 360 g/mol. The number of pyridine rings is 1. The Morgan fingerprint density at radius 1 is 0.833 bits per heavy atom. The molecule has 0 unspecified atom stereocenters. The summed E-state index contributed by atoms with van der Waals surface area (Å²) < 4.78 is 33.3. The van der Waals surface area contributed by atoms with Gasteiger partial charge in [-0.15, -0.1) is 0 Å². The van der Waals surface area contributed by atoms with Gasteiger partial charge in [-0.25, -0.2) is 13.0 Å². The molecule has 0 aliphatic rings. The van der Waals surface area contributed by atoms with Gasteiger partial charge in [0.15, 0.2) is 12.4 Å². The first-order valence-corrected chi connectivity index (χ1v) is 10.3. The third kappa shape index (κ3) is 17.4. The van der Waals surface area contributed by atoms with E-state index in [2.05, 4.69) is 46.3 Å². The molecule has 6 heteroatoms. The summed E-state index contributed by atoms with van der Waals surface area (Å²) in [5.74, 6) is 0. The summed E-state index contributed by atoms with van der Waals surface area (Å²) in [5.41, 5.74) is 0. The smallest absolute Gasteiger partial charge is 0.217 e. The second kappa shape index (κ2) is 15.5. The van der Waals surface area contributed by atoms with Gasteiger partial charge in [0.05, 0.1) is 7.11 Å².